The number of nitrogens with zero attached hydrogens (tertiary/aromatic N) is 2. The molecule has 0 bridgehead atoms. The Bertz CT molecular complexity index is 754. The number of rotatable bonds is 1. The van der Waals surface area contributed by atoms with Gasteiger partial charge in [-0.15, -0.1) is 0 Å². The van der Waals surface area contributed by atoms with Gasteiger partial charge in [0.25, 0.3) is 0 Å². The lowest BCUT2D eigenvalue weighted by Gasteiger charge is -2.10. The van der Waals surface area contributed by atoms with Gasteiger partial charge in [0.1, 0.15) is 17.2 Å². The first kappa shape index (κ1) is 11.3. The van der Waals surface area contributed by atoms with Gasteiger partial charge in [-0.1, -0.05) is 12.1 Å². The number of hydrogen-bond donors (Lipinski definition) is 3. The van der Waals surface area contributed by atoms with E-state index in [1.165, 1.54) is 30.6 Å². The number of fused-ring (bicyclic) bond motifs is 1. The third kappa shape index (κ3) is 1.81. The average molecular weight is 254 g/mol. The van der Waals surface area contributed by atoms with Crippen molar-refractivity contribution in [2.45, 2.75) is 0 Å². The Kier molecular flexibility index (Phi) is 2.45. The summed E-state index contributed by atoms with van der Waals surface area (Å²) in [5, 5.41) is 37.8. The molecule has 2 aromatic carbocycles. The first-order chi connectivity index (χ1) is 9.16. The summed E-state index contributed by atoms with van der Waals surface area (Å²) in [5.74, 6) is 0.0414. The summed E-state index contributed by atoms with van der Waals surface area (Å²) in [6, 6.07) is 7.69. The fourth-order valence-corrected chi connectivity index (χ4v) is 2.07. The molecule has 0 aliphatic rings. The molecular weight excluding hydrogens is 244 g/mol. The Morgan fingerprint density at radius 1 is 0.737 bits per heavy atom. The van der Waals surface area contributed by atoms with Crippen molar-refractivity contribution in [3.05, 3.63) is 42.7 Å². The Labute approximate surface area is 108 Å². The van der Waals surface area contributed by atoms with E-state index in [1.54, 1.807) is 12.1 Å². The normalized spacial score (nSPS) is 10.7. The molecular formula is C14H10N2O3. The maximum Gasteiger partial charge on any atom is 0.128 e. The van der Waals surface area contributed by atoms with E-state index in [2.05, 4.69) is 10.2 Å². The molecule has 0 fully saturated rings. The molecule has 0 aliphatic carbocycles. The highest BCUT2D eigenvalue weighted by molar-refractivity contribution is 6.01. The smallest absolute Gasteiger partial charge is 0.128 e. The standard InChI is InChI=1S/C14H10N2O3/c17-9-3-1-8(2-4-9)14-11-7-16-15-6-10(11)12(18)5-13(14)19/h1-7,17-19H. The van der Waals surface area contributed by atoms with Crippen LogP contribution in [0, 0.1) is 0 Å². The number of phenolic OH excluding ortho intramolecular Hbond substituents is 3. The van der Waals surface area contributed by atoms with Crippen molar-refractivity contribution in [2.24, 2.45) is 0 Å². The highest BCUT2D eigenvalue weighted by Gasteiger charge is 2.13. The van der Waals surface area contributed by atoms with Gasteiger partial charge in [0.05, 0.1) is 12.4 Å². The molecule has 0 spiro atoms. The van der Waals surface area contributed by atoms with Crippen molar-refractivity contribution in [3.8, 4) is 28.4 Å². The molecule has 0 saturated heterocycles. The predicted molar refractivity (Wildman–Crippen MR) is 70.0 cm³/mol. The molecule has 0 aliphatic heterocycles. The van der Waals surface area contributed by atoms with Crippen LogP contribution in [0.4, 0.5) is 0 Å². The summed E-state index contributed by atoms with van der Waals surface area (Å²) >= 11 is 0. The van der Waals surface area contributed by atoms with E-state index in [9.17, 15) is 15.3 Å². The number of aromatic hydroxyl groups is 3. The minimum Gasteiger partial charge on any atom is -0.508 e. The number of hydrogen-bond acceptors (Lipinski definition) is 5. The van der Waals surface area contributed by atoms with Crippen molar-refractivity contribution < 1.29 is 15.3 Å². The Morgan fingerprint density at radius 2 is 1.37 bits per heavy atom. The van der Waals surface area contributed by atoms with E-state index in [4.69, 9.17) is 0 Å². The van der Waals surface area contributed by atoms with Gasteiger partial charge in [0, 0.05) is 22.4 Å². The number of aromatic nitrogens is 2. The van der Waals surface area contributed by atoms with Crippen molar-refractivity contribution in [1.29, 1.82) is 0 Å². The molecule has 3 rings (SSSR count). The van der Waals surface area contributed by atoms with Crippen LogP contribution >= 0.6 is 0 Å². The molecule has 19 heavy (non-hydrogen) atoms. The maximum atomic E-state index is 10.0. The molecule has 0 amide bonds. The van der Waals surface area contributed by atoms with E-state index in [0.29, 0.717) is 21.9 Å². The molecule has 3 aromatic rings. The predicted octanol–water partition coefficient (Wildman–Crippen LogP) is 2.41. The van der Waals surface area contributed by atoms with Gasteiger partial charge in [0.2, 0.25) is 0 Å². The Balaban J connectivity index is 2.37. The SMILES string of the molecule is Oc1ccc(-c2c(O)cc(O)c3cnncc23)cc1. The van der Waals surface area contributed by atoms with Crippen molar-refractivity contribution in [1.82, 2.24) is 10.2 Å². The number of benzene rings is 2. The van der Waals surface area contributed by atoms with Gasteiger partial charge in [-0.05, 0) is 17.7 Å². The molecule has 5 nitrogen and oxygen atoms in total. The van der Waals surface area contributed by atoms with E-state index in [0.717, 1.165) is 0 Å². The summed E-state index contributed by atoms with van der Waals surface area (Å²) in [7, 11) is 0. The fraction of sp³-hybridized carbons (Fsp3) is 0. The van der Waals surface area contributed by atoms with Crippen LogP contribution in [0.5, 0.6) is 17.2 Å². The molecule has 0 unspecified atom stereocenters. The average Bonchev–Trinajstić information content (AvgIpc) is 2.41. The van der Waals surface area contributed by atoms with Crippen LogP contribution in [0.3, 0.4) is 0 Å². The van der Waals surface area contributed by atoms with Gasteiger partial charge in [-0.3, -0.25) is 0 Å². The highest BCUT2D eigenvalue weighted by atomic mass is 16.3. The van der Waals surface area contributed by atoms with E-state index >= 15 is 0 Å². The zero-order valence-electron chi connectivity index (χ0n) is 9.78. The second kappa shape index (κ2) is 4.13. The fourth-order valence-electron chi connectivity index (χ4n) is 2.07. The summed E-state index contributed by atoms with van der Waals surface area (Å²) in [4.78, 5) is 0. The van der Waals surface area contributed by atoms with Crippen LogP contribution in [0.1, 0.15) is 0 Å². The second-order valence-corrected chi connectivity index (χ2v) is 4.15. The number of phenols is 3. The maximum absolute atomic E-state index is 10.0. The zero-order valence-corrected chi connectivity index (χ0v) is 9.78. The van der Waals surface area contributed by atoms with Gasteiger partial charge < -0.3 is 15.3 Å². The lowest BCUT2D eigenvalue weighted by atomic mass is 9.98. The summed E-state index contributed by atoms with van der Waals surface area (Å²) in [6.07, 6.45) is 2.92. The third-order valence-electron chi connectivity index (χ3n) is 2.96. The van der Waals surface area contributed by atoms with Crippen LogP contribution in [-0.2, 0) is 0 Å². The van der Waals surface area contributed by atoms with Crippen molar-refractivity contribution in [3.63, 3.8) is 0 Å². The van der Waals surface area contributed by atoms with Gasteiger partial charge >= 0.3 is 0 Å². The van der Waals surface area contributed by atoms with Crippen molar-refractivity contribution in [2.75, 3.05) is 0 Å². The first-order valence-corrected chi connectivity index (χ1v) is 5.61. The molecule has 5 heteroatoms. The third-order valence-corrected chi connectivity index (χ3v) is 2.96. The van der Waals surface area contributed by atoms with Crippen LogP contribution in [0.25, 0.3) is 21.9 Å². The molecule has 0 atom stereocenters. The topological polar surface area (TPSA) is 86.5 Å². The minimum atomic E-state index is -0.0521. The molecule has 0 saturated carbocycles. The van der Waals surface area contributed by atoms with Gasteiger partial charge in [-0.25, -0.2) is 0 Å². The lowest BCUT2D eigenvalue weighted by Crippen LogP contribution is -1.87. The molecule has 1 heterocycles. The highest BCUT2D eigenvalue weighted by Crippen LogP contribution is 2.40. The van der Waals surface area contributed by atoms with E-state index in [1.807, 2.05) is 0 Å². The van der Waals surface area contributed by atoms with Crippen LogP contribution in [-0.4, -0.2) is 25.5 Å². The lowest BCUT2D eigenvalue weighted by molar-refractivity contribution is 0.456. The molecule has 3 N–H and O–H groups in total. The monoisotopic (exact) mass is 254 g/mol. The van der Waals surface area contributed by atoms with Crippen molar-refractivity contribution >= 4 is 10.8 Å². The summed E-state index contributed by atoms with van der Waals surface area (Å²) in [5.41, 5.74) is 1.26. The van der Waals surface area contributed by atoms with Gasteiger partial charge in [-0.2, -0.15) is 10.2 Å². The Morgan fingerprint density at radius 3 is 2.05 bits per heavy atom. The van der Waals surface area contributed by atoms with Crippen LogP contribution < -0.4 is 0 Å². The molecule has 94 valence electrons. The first-order valence-electron chi connectivity index (χ1n) is 5.61. The summed E-state index contributed by atoms with van der Waals surface area (Å²) < 4.78 is 0. The van der Waals surface area contributed by atoms with E-state index < -0.39 is 0 Å². The van der Waals surface area contributed by atoms with Crippen LogP contribution in [0.15, 0.2) is 42.7 Å². The van der Waals surface area contributed by atoms with Gasteiger partial charge in [0.15, 0.2) is 0 Å². The largest absolute Gasteiger partial charge is 0.508 e. The molecule has 1 aromatic heterocycles. The molecule has 0 radical (unpaired) electrons. The van der Waals surface area contributed by atoms with Crippen LogP contribution in [0.2, 0.25) is 0 Å². The minimum absolute atomic E-state index is 0.0510. The zero-order chi connectivity index (χ0) is 13.4. The Hall–Kier alpha value is -2.82. The second-order valence-electron chi connectivity index (χ2n) is 4.15. The summed E-state index contributed by atoms with van der Waals surface area (Å²) in [6.45, 7) is 0. The van der Waals surface area contributed by atoms with E-state index in [-0.39, 0.29) is 17.2 Å². The quantitative estimate of drug-likeness (QED) is 0.620.